The van der Waals surface area contributed by atoms with Gasteiger partial charge in [-0.05, 0) is 31.2 Å². The Morgan fingerprint density at radius 2 is 2.29 bits per heavy atom. The van der Waals surface area contributed by atoms with Gasteiger partial charge in [0.05, 0.1) is 17.4 Å². The highest BCUT2D eigenvalue weighted by Crippen LogP contribution is 2.27. The monoisotopic (exact) mass is 250 g/mol. The Morgan fingerprint density at radius 1 is 1.53 bits per heavy atom. The molecular formula is C13H18N2OS. The molecule has 0 aliphatic rings. The highest BCUT2D eigenvalue weighted by Gasteiger charge is 2.07. The van der Waals surface area contributed by atoms with E-state index in [1.807, 2.05) is 18.2 Å². The van der Waals surface area contributed by atoms with Crippen molar-refractivity contribution in [2.24, 2.45) is 0 Å². The summed E-state index contributed by atoms with van der Waals surface area (Å²) in [4.78, 5) is 1.01. The van der Waals surface area contributed by atoms with Crippen molar-refractivity contribution in [3.05, 3.63) is 23.8 Å². The molecule has 1 aromatic carbocycles. The Bertz CT molecular complexity index is 399. The zero-order chi connectivity index (χ0) is 12.7. The Balaban J connectivity index is 2.77. The third kappa shape index (κ3) is 4.29. The molecule has 0 aliphatic heterocycles. The second-order valence-corrected chi connectivity index (χ2v) is 5.09. The molecule has 4 heteroatoms. The predicted octanol–water partition coefficient (Wildman–Crippen LogP) is 2.85. The molecular weight excluding hydrogens is 232 g/mol. The minimum Gasteiger partial charge on any atom is -0.393 e. The Hall–Kier alpha value is -1.18. The molecule has 17 heavy (non-hydrogen) atoms. The predicted molar refractivity (Wildman–Crippen MR) is 72.3 cm³/mol. The summed E-state index contributed by atoms with van der Waals surface area (Å²) in [6, 6.07) is 8.06. The highest BCUT2D eigenvalue weighted by atomic mass is 32.2. The van der Waals surface area contributed by atoms with E-state index in [4.69, 9.17) is 0 Å². The van der Waals surface area contributed by atoms with Gasteiger partial charge in [-0.25, -0.2) is 0 Å². The van der Waals surface area contributed by atoms with Crippen LogP contribution >= 0.6 is 11.8 Å². The molecule has 0 saturated carbocycles. The van der Waals surface area contributed by atoms with E-state index in [2.05, 4.69) is 18.3 Å². The second kappa shape index (κ2) is 7.21. The minimum atomic E-state index is -0.318. The summed E-state index contributed by atoms with van der Waals surface area (Å²) in [6.07, 6.45) is 0.358. The molecule has 1 atom stereocenters. The largest absolute Gasteiger partial charge is 0.393 e. The van der Waals surface area contributed by atoms with E-state index in [0.717, 1.165) is 16.3 Å². The number of nitrogens with zero attached hydrogens (tertiary/aromatic N) is 1. The fourth-order valence-electron chi connectivity index (χ4n) is 1.49. The maximum absolute atomic E-state index is 9.19. The van der Waals surface area contributed by atoms with Crippen molar-refractivity contribution >= 4 is 17.4 Å². The van der Waals surface area contributed by atoms with Crippen molar-refractivity contribution in [2.45, 2.75) is 31.3 Å². The first-order valence-corrected chi connectivity index (χ1v) is 6.75. The lowest BCUT2D eigenvalue weighted by Gasteiger charge is -2.11. The molecule has 0 fully saturated rings. The number of aliphatic hydroxyl groups excluding tert-OH is 1. The van der Waals surface area contributed by atoms with Crippen LogP contribution in [0.1, 0.15) is 25.8 Å². The van der Waals surface area contributed by atoms with Crippen LogP contribution in [-0.4, -0.2) is 23.5 Å². The van der Waals surface area contributed by atoms with E-state index in [-0.39, 0.29) is 6.10 Å². The van der Waals surface area contributed by atoms with Gasteiger partial charge in [-0.1, -0.05) is 13.0 Å². The van der Waals surface area contributed by atoms with Crippen LogP contribution in [0.2, 0.25) is 0 Å². The molecule has 0 saturated heterocycles. The maximum Gasteiger partial charge on any atom is 0.102 e. The van der Waals surface area contributed by atoms with Gasteiger partial charge in [-0.15, -0.1) is 11.8 Å². The van der Waals surface area contributed by atoms with E-state index in [9.17, 15) is 10.4 Å². The lowest BCUT2D eigenvalue weighted by Crippen LogP contribution is -2.10. The maximum atomic E-state index is 9.19. The van der Waals surface area contributed by atoms with E-state index < -0.39 is 0 Å². The molecule has 1 aromatic rings. The van der Waals surface area contributed by atoms with Crippen LogP contribution < -0.4 is 5.32 Å². The van der Waals surface area contributed by atoms with Gasteiger partial charge < -0.3 is 10.4 Å². The van der Waals surface area contributed by atoms with Crippen molar-refractivity contribution in [3.63, 3.8) is 0 Å². The average Bonchev–Trinajstić information content (AvgIpc) is 2.29. The topological polar surface area (TPSA) is 56.0 Å². The van der Waals surface area contributed by atoms with Gasteiger partial charge in [0.25, 0.3) is 0 Å². The number of benzene rings is 1. The van der Waals surface area contributed by atoms with Gasteiger partial charge in [0, 0.05) is 11.4 Å². The van der Waals surface area contributed by atoms with Crippen LogP contribution in [0, 0.1) is 11.3 Å². The van der Waals surface area contributed by atoms with Crippen molar-refractivity contribution in [1.29, 1.82) is 5.26 Å². The van der Waals surface area contributed by atoms with Gasteiger partial charge in [-0.2, -0.15) is 5.26 Å². The molecule has 0 spiro atoms. The summed E-state index contributed by atoms with van der Waals surface area (Å²) in [6.45, 7) is 4.50. The first-order chi connectivity index (χ1) is 8.19. The zero-order valence-corrected chi connectivity index (χ0v) is 11.0. The van der Waals surface area contributed by atoms with Gasteiger partial charge in [0.1, 0.15) is 6.07 Å². The van der Waals surface area contributed by atoms with Crippen molar-refractivity contribution in [2.75, 3.05) is 17.6 Å². The van der Waals surface area contributed by atoms with E-state index in [1.54, 1.807) is 18.7 Å². The molecule has 3 nitrogen and oxygen atoms in total. The summed E-state index contributed by atoms with van der Waals surface area (Å²) in [7, 11) is 0. The fourth-order valence-corrected chi connectivity index (χ4v) is 2.27. The molecule has 0 aliphatic carbocycles. The number of hydrogen-bond donors (Lipinski definition) is 2. The molecule has 0 aromatic heterocycles. The summed E-state index contributed by atoms with van der Waals surface area (Å²) >= 11 is 1.67. The number of thioether (sulfide) groups is 1. The van der Waals surface area contributed by atoms with Crippen LogP contribution in [0.15, 0.2) is 23.1 Å². The van der Waals surface area contributed by atoms with Gasteiger partial charge in [-0.3, -0.25) is 0 Å². The average molecular weight is 250 g/mol. The smallest absolute Gasteiger partial charge is 0.102 e. The fraction of sp³-hybridized carbons (Fsp3) is 0.462. The summed E-state index contributed by atoms with van der Waals surface area (Å²) < 4.78 is 0. The van der Waals surface area contributed by atoms with E-state index in [1.165, 1.54) is 0 Å². The first kappa shape index (κ1) is 13.9. The van der Waals surface area contributed by atoms with Crippen LogP contribution in [-0.2, 0) is 0 Å². The highest BCUT2D eigenvalue weighted by molar-refractivity contribution is 7.99. The molecule has 2 N–H and O–H groups in total. The number of nitrogens with one attached hydrogen (secondary N) is 1. The molecule has 1 rings (SSSR count). The normalized spacial score (nSPS) is 11.9. The first-order valence-electron chi connectivity index (χ1n) is 5.76. The van der Waals surface area contributed by atoms with Gasteiger partial charge in [0.15, 0.2) is 0 Å². The Labute approximate surface area is 107 Å². The number of rotatable bonds is 6. The van der Waals surface area contributed by atoms with Crippen molar-refractivity contribution in [1.82, 2.24) is 0 Å². The molecule has 1 unspecified atom stereocenters. The number of anilines is 1. The minimum absolute atomic E-state index is 0.318. The van der Waals surface area contributed by atoms with Crippen molar-refractivity contribution in [3.8, 4) is 6.07 Å². The van der Waals surface area contributed by atoms with Crippen LogP contribution in [0.5, 0.6) is 0 Å². The summed E-state index contributed by atoms with van der Waals surface area (Å²) in [5.41, 5.74) is 1.55. The zero-order valence-electron chi connectivity index (χ0n) is 10.2. The molecule has 0 amide bonds. The van der Waals surface area contributed by atoms with Gasteiger partial charge in [0.2, 0.25) is 0 Å². The van der Waals surface area contributed by atoms with Crippen molar-refractivity contribution < 1.29 is 5.11 Å². The summed E-state index contributed by atoms with van der Waals surface area (Å²) in [5.74, 6) is 0.950. The number of aliphatic hydroxyl groups is 1. The third-order valence-corrected chi connectivity index (χ3v) is 3.26. The second-order valence-electron chi connectivity index (χ2n) is 3.79. The standard InChI is InChI=1S/C13H18N2OS/c1-3-17-13-6-4-5-12(11(13)9-14)15-8-7-10(2)16/h4-6,10,15-16H,3,7-8H2,1-2H3. The van der Waals surface area contributed by atoms with E-state index >= 15 is 0 Å². The number of nitriles is 1. The van der Waals surface area contributed by atoms with E-state index in [0.29, 0.717) is 18.5 Å². The SMILES string of the molecule is CCSc1cccc(NCCC(C)O)c1C#N. The van der Waals surface area contributed by atoms with Crippen LogP contribution in [0.4, 0.5) is 5.69 Å². The lowest BCUT2D eigenvalue weighted by molar-refractivity contribution is 0.189. The Kier molecular flexibility index (Phi) is 5.88. The van der Waals surface area contributed by atoms with Gasteiger partial charge >= 0.3 is 0 Å². The third-order valence-electron chi connectivity index (χ3n) is 2.32. The molecule has 0 radical (unpaired) electrons. The van der Waals surface area contributed by atoms with Crippen LogP contribution in [0.3, 0.4) is 0 Å². The van der Waals surface area contributed by atoms with Crippen LogP contribution in [0.25, 0.3) is 0 Å². The quantitative estimate of drug-likeness (QED) is 0.762. The Morgan fingerprint density at radius 3 is 2.88 bits per heavy atom. The summed E-state index contributed by atoms with van der Waals surface area (Å²) in [5, 5.41) is 21.6. The molecule has 0 heterocycles. The molecule has 92 valence electrons. The lowest BCUT2D eigenvalue weighted by atomic mass is 10.2. The number of hydrogen-bond acceptors (Lipinski definition) is 4. The molecule has 0 bridgehead atoms.